The summed E-state index contributed by atoms with van der Waals surface area (Å²) < 4.78 is 0. The van der Waals surface area contributed by atoms with Crippen LogP contribution in [-0.4, -0.2) is 30.3 Å². The minimum atomic E-state index is -0.278. The van der Waals surface area contributed by atoms with Crippen molar-refractivity contribution in [2.45, 2.75) is 25.8 Å². The molecule has 3 aromatic rings. The molecule has 0 unspecified atom stereocenters. The molecule has 0 aromatic heterocycles. The Morgan fingerprint density at radius 2 is 1.42 bits per heavy atom. The molecule has 7 heteroatoms. The highest BCUT2D eigenvalue weighted by molar-refractivity contribution is 6.06. The van der Waals surface area contributed by atoms with Crippen molar-refractivity contribution in [2.75, 3.05) is 22.5 Å². The molecule has 1 saturated carbocycles. The van der Waals surface area contributed by atoms with Gasteiger partial charge in [-0.25, -0.2) is 0 Å². The smallest absolute Gasteiger partial charge is 0.255 e. The van der Waals surface area contributed by atoms with Crippen LogP contribution in [0.2, 0.25) is 0 Å². The van der Waals surface area contributed by atoms with E-state index in [-0.39, 0.29) is 30.3 Å². The minimum Gasteiger partial charge on any atom is -0.376 e. The average Bonchev–Trinajstić information content (AvgIpc) is 3.64. The first-order valence-electron chi connectivity index (χ1n) is 10.9. The Balaban J connectivity index is 1.37. The molecule has 4 N–H and O–H groups in total. The lowest BCUT2D eigenvalue weighted by atomic mass is 10.1. The number of amides is 3. The number of nitrogens with one attached hydrogen (secondary N) is 4. The van der Waals surface area contributed by atoms with Crippen LogP contribution in [0.3, 0.4) is 0 Å². The molecule has 3 amide bonds. The van der Waals surface area contributed by atoms with Gasteiger partial charge in [0.2, 0.25) is 5.91 Å². The maximum absolute atomic E-state index is 12.6. The summed E-state index contributed by atoms with van der Waals surface area (Å²) in [6, 6.07) is 21.6. The number of hydrogen-bond donors (Lipinski definition) is 4. The van der Waals surface area contributed by atoms with Crippen molar-refractivity contribution in [3.63, 3.8) is 0 Å². The van der Waals surface area contributed by atoms with Crippen LogP contribution in [0.25, 0.3) is 0 Å². The van der Waals surface area contributed by atoms with Crippen molar-refractivity contribution in [3.05, 3.63) is 89.5 Å². The normalized spacial score (nSPS) is 12.5. The van der Waals surface area contributed by atoms with Crippen molar-refractivity contribution in [1.29, 1.82) is 0 Å². The van der Waals surface area contributed by atoms with Crippen LogP contribution in [0.5, 0.6) is 0 Å². The SMILES string of the molecule is Cc1c(NCC(=O)Nc2ccccc2C(=O)NC2CC2)cccc1NC(=O)c1ccccc1. The van der Waals surface area contributed by atoms with Gasteiger partial charge in [-0.1, -0.05) is 36.4 Å². The zero-order valence-corrected chi connectivity index (χ0v) is 18.4. The van der Waals surface area contributed by atoms with E-state index in [2.05, 4.69) is 21.3 Å². The standard InChI is InChI=1S/C26H26N4O3/c1-17-21(12-7-13-22(17)30-25(32)18-8-3-2-4-9-18)27-16-24(31)29-23-11-6-5-10-20(23)26(33)28-19-14-15-19/h2-13,19,27H,14-16H2,1H3,(H,28,33)(H,29,31)(H,30,32). The molecule has 0 aliphatic heterocycles. The largest absolute Gasteiger partial charge is 0.376 e. The molecule has 0 saturated heterocycles. The van der Waals surface area contributed by atoms with Gasteiger partial charge in [0.05, 0.1) is 17.8 Å². The molecule has 0 radical (unpaired) electrons. The van der Waals surface area contributed by atoms with Crippen LogP contribution in [-0.2, 0) is 4.79 Å². The molecule has 1 fully saturated rings. The molecular formula is C26H26N4O3. The zero-order chi connectivity index (χ0) is 23.2. The summed E-state index contributed by atoms with van der Waals surface area (Å²) in [4.78, 5) is 37.5. The molecule has 3 aromatic carbocycles. The molecule has 7 nitrogen and oxygen atoms in total. The Morgan fingerprint density at radius 1 is 0.758 bits per heavy atom. The van der Waals surface area contributed by atoms with Crippen molar-refractivity contribution >= 4 is 34.8 Å². The molecule has 0 heterocycles. The predicted octanol–water partition coefficient (Wildman–Crippen LogP) is 4.19. The van der Waals surface area contributed by atoms with Crippen LogP contribution >= 0.6 is 0 Å². The van der Waals surface area contributed by atoms with Crippen molar-refractivity contribution in [3.8, 4) is 0 Å². The lowest BCUT2D eigenvalue weighted by Crippen LogP contribution is -2.28. The molecule has 33 heavy (non-hydrogen) atoms. The lowest BCUT2D eigenvalue weighted by molar-refractivity contribution is -0.114. The predicted molar refractivity (Wildman–Crippen MR) is 130 cm³/mol. The summed E-state index contributed by atoms with van der Waals surface area (Å²) in [7, 11) is 0. The second-order valence-electron chi connectivity index (χ2n) is 7.99. The third-order valence-electron chi connectivity index (χ3n) is 5.42. The Kier molecular flexibility index (Phi) is 6.69. The van der Waals surface area contributed by atoms with Gasteiger partial charge in [-0.2, -0.15) is 0 Å². The van der Waals surface area contributed by atoms with Crippen LogP contribution in [0.4, 0.5) is 17.1 Å². The molecular weight excluding hydrogens is 416 g/mol. The summed E-state index contributed by atoms with van der Waals surface area (Å²) >= 11 is 0. The van der Waals surface area contributed by atoms with Gasteiger partial charge in [0, 0.05) is 23.0 Å². The topological polar surface area (TPSA) is 99.3 Å². The van der Waals surface area contributed by atoms with Crippen LogP contribution in [0.1, 0.15) is 39.1 Å². The lowest BCUT2D eigenvalue weighted by Gasteiger charge is -2.15. The average molecular weight is 443 g/mol. The van der Waals surface area contributed by atoms with Gasteiger partial charge in [-0.05, 0) is 61.7 Å². The fourth-order valence-corrected chi connectivity index (χ4v) is 3.40. The monoisotopic (exact) mass is 442 g/mol. The third-order valence-corrected chi connectivity index (χ3v) is 5.42. The molecule has 4 rings (SSSR count). The van der Waals surface area contributed by atoms with E-state index in [1.165, 1.54) is 0 Å². The van der Waals surface area contributed by atoms with E-state index in [0.717, 1.165) is 24.1 Å². The van der Waals surface area contributed by atoms with E-state index in [1.807, 2.05) is 43.3 Å². The first kappa shape index (κ1) is 22.1. The van der Waals surface area contributed by atoms with E-state index in [1.54, 1.807) is 36.4 Å². The second kappa shape index (κ2) is 9.99. The highest BCUT2D eigenvalue weighted by Gasteiger charge is 2.25. The van der Waals surface area contributed by atoms with Gasteiger partial charge < -0.3 is 21.3 Å². The Bertz CT molecular complexity index is 1170. The van der Waals surface area contributed by atoms with E-state index >= 15 is 0 Å². The summed E-state index contributed by atoms with van der Waals surface area (Å²) in [5.41, 5.74) is 3.70. The molecule has 1 aliphatic carbocycles. The van der Waals surface area contributed by atoms with Crippen molar-refractivity contribution in [1.82, 2.24) is 5.32 Å². The Morgan fingerprint density at radius 3 is 2.18 bits per heavy atom. The van der Waals surface area contributed by atoms with E-state index in [4.69, 9.17) is 0 Å². The van der Waals surface area contributed by atoms with E-state index in [0.29, 0.717) is 22.5 Å². The molecule has 0 bridgehead atoms. The summed E-state index contributed by atoms with van der Waals surface area (Å²) in [5.74, 6) is -0.659. The maximum atomic E-state index is 12.6. The van der Waals surface area contributed by atoms with Gasteiger partial charge >= 0.3 is 0 Å². The maximum Gasteiger partial charge on any atom is 0.255 e. The fraction of sp³-hybridized carbons (Fsp3) is 0.192. The highest BCUT2D eigenvalue weighted by atomic mass is 16.2. The Hall–Kier alpha value is -4.13. The Labute approximate surface area is 192 Å². The number of benzene rings is 3. The number of carbonyl (C=O) groups excluding carboxylic acids is 3. The molecule has 168 valence electrons. The number of carbonyl (C=O) groups is 3. The highest BCUT2D eigenvalue weighted by Crippen LogP contribution is 2.24. The number of hydrogen-bond acceptors (Lipinski definition) is 4. The quantitative estimate of drug-likeness (QED) is 0.420. The second-order valence-corrected chi connectivity index (χ2v) is 7.99. The summed E-state index contributed by atoms with van der Waals surface area (Å²) in [5, 5.41) is 11.8. The number of anilines is 3. The van der Waals surface area contributed by atoms with Gasteiger partial charge in [0.25, 0.3) is 11.8 Å². The fourth-order valence-electron chi connectivity index (χ4n) is 3.40. The third kappa shape index (κ3) is 5.77. The molecule has 1 aliphatic rings. The van der Waals surface area contributed by atoms with Gasteiger partial charge in [-0.3, -0.25) is 14.4 Å². The summed E-state index contributed by atoms with van der Waals surface area (Å²) in [6.07, 6.45) is 1.99. The van der Waals surface area contributed by atoms with Crippen molar-refractivity contribution in [2.24, 2.45) is 0 Å². The molecule has 0 spiro atoms. The van der Waals surface area contributed by atoms with Gasteiger partial charge in [0.15, 0.2) is 0 Å². The minimum absolute atomic E-state index is 0.00943. The van der Waals surface area contributed by atoms with Gasteiger partial charge in [0.1, 0.15) is 0 Å². The van der Waals surface area contributed by atoms with Crippen LogP contribution in [0, 0.1) is 6.92 Å². The van der Waals surface area contributed by atoms with Crippen LogP contribution in [0.15, 0.2) is 72.8 Å². The first-order chi connectivity index (χ1) is 16.0. The zero-order valence-electron chi connectivity index (χ0n) is 18.4. The van der Waals surface area contributed by atoms with Crippen LogP contribution < -0.4 is 21.3 Å². The summed E-state index contributed by atoms with van der Waals surface area (Å²) in [6.45, 7) is 1.88. The van der Waals surface area contributed by atoms with Gasteiger partial charge in [-0.15, -0.1) is 0 Å². The molecule has 0 atom stereocenters. The van der Waals surface area contributed by atoms with E-state index < -0.39 is 0 Å². The number of para-hydroxylation sites is 1. The first-order valence-corrected chi connectivity index (χ1v) is 10.9. The van der Waals surface area contributed by atoms with E-state index in [9.17, 15) is 14.4 Å². The number of rotatable bonds is 8. The van der Waals surface area contributed by atoms with Crippen molar-refractivity contribution < 1.29 is 14.4 Å².